The van der Waals surface area contributed by atoms with Gasteiger partial charge in [-0.3, -0.25) is 4.79 Å². The van der Waals surface area contributed by atoms with Gasteiger partial charge in [-0.25, -0.2) is 4.79 Å². The van der Waals surface area contributed by atoms with Gasteiger partial charge in [0.25, 0.3) is 5.91 Å². The fourth-order valence-corrected chi connectivity index (χ4v) is 2.23. The van der Waals surface area contributed by atoms with Crippen molar-refractivity contribution in [1.29, 1.82) is 0 Å². The lowest BCUT2D eigenvalue weighted by molar-refractivity contribution is -0.133. The van der Waals surface area contributed by atoms with E-state index in [0.717, 1.165) is 23.4 Å². The lowest BCUT2D eigenvalue weighted by Gasteiger charge is -2.17. The van der Waals surface area contributed by atoms with Crippen molar-refractivity contribution in [2.24, 2.45) is 0 Å². The minimum atomic E-state index is -1.04. The molecule has 0 aromatic heterocycles. The molecule has 0 aliphatic heterocycles. The summed E-state index contributed by atoms with van der Waals surface area (Å²) in [5.41, 5.74) is 0.605. The van der Waals surface area contributed by atoms with Gasteiger partial charge in [-0.2, -0.15) is 0 Å². The number of rotatable bonds is 6. The van der Waals surface area contributed by atoms with E-state index in [0.29, 0.717) is 17.4 Å². The molecule has 2 rings (SSSR count). The van der Waals surface area contributed by atoms with Crippen molar-refractivity contribution < 1.29 is 19.4 Å². The number of carbonyl (C=O) groups excluding carboxylic acids is 1. The van der Waals surface area contributed by atoms with E-state index >= 15 is 0 Å². The van der Waals surface area contributed by atoms with Crippen LogP contribution in [0, 0.1) is 0 Å². The molecule has 0 radical (unpaired) electrons. The highest BCUT2D eigenvalue weighted by atomic mass is 79.9. The van der Waals surface area contributed by atoms with Gasteiger partial charge >= 0.3 is 5.97 Å². The van der Waals surface area contributed by atoms with E-state index in [2.05, 4.69) is 15.9 Å². The average Bonchev–Trinajstić information content (AvgIpc) is 3.27. The first-order chi connectivity index (χ1) is 9.97. The van der Waals surface area contributed by atoms with Gasteiger partial charge in [0, 0.05) is 29.2 Å². The predicted molar refractivity (Wildman–Crippen MR) is 82.1 cm³/mol. The number of halogens is 1. The first-order valence-electron chi connectivity index (χ1n) is 6.56. The number of nitrogens with zero attached hydrogens (tertiary/aromatic N) is 1. The molecule has 1 aliphatic carbocycles. The number of hydrogen-bond acceptors (Lipinski definition) is 3. The number of carboxylic acids is 1. The van der Waals surface area contributed by atoms with Crippen LogP contribution in [0.15, 0.2) is 28.7 Å². The Morgan fingerprint density at radius 3 is 2.81 bits per heavy atom. The first kappa shape index (κ1) is 15.6. The topological polar surface area (TPSA) is 66.8 Å². The van der Waals surface area contributed by atoms with Crippen molar-refractivity contribution in [1.82, 2.24) is 4.90 Å². The van der Waals surface area contributed by atoms with E-state index in [9.17, 15) is 9.59 Å². The smallest absolute Gasteiger partial charge is 0.328 e. The Kier molecular flexibility index (Phi) is 5.01. The lowest BCUT2D eigenvalue weighted by atomic mass is 10.2. The molecule has 6 heteroatoms. The van der Waals surface area contributed by atoms with Crippen LogP contribution in [0.4, 0.5) is 0 Å². The summed E-state index contributed by atoms with van der Waals surface area (Å²) in [7, 11) is 1.77. The highest BCUT2D eigenvalue weighted by molar-refractivity contribution is 9.10. The molecule has 5 nitrogen and oxygen atoms in total. The zero-order chi connectivity index (χ0) is 15.4. The molecule has 1 aromatic carbocycles. The number of carboxylic acid groups (broad SMARTS) is 1. The van der Waals surface area contributed by atoms with Crippen molar-refractivity contribution >= 4 is 33.9 Å². The van der Waals surface area contributed by atoms with Crippen molar-refractivity contribution in [2.75, 3.05) is 13.7 Å². The maximum atomic E-state index is 11.9. The molecular weight excluding hydrogens is 338 g/mol. The minimum Gasteiger partial charge on any atom is -0.483 e. The van der Waals surface area contributed by atoms with Crippen LogP contribution in [0.3, 0.4) is 0 Å². The zero-order valence-electron chi connectivity index (χ0n) is 11.6. The second-order valence-corrected chi connectivity index (χ2v) is 5.79. The van der Waals surface area contributed by atoms with Crippen LogP contribution in [0.25, 0.3) is 6.08 Å². The summed E-state index contributed by atoms with van der Waals surface area (Å²) in [5, 5.41) is 8.69. The maximum absolute atomic E-state index is 11.9. The zero-order valence-corrected chi connectivity index (χ0v) is 13.2. The molecule has 1 amide bonds. The summed E-state index contributed by atoms with van der Waals surface area (Å²) in [4.78, 5) is 24.2. The molecule has 1 aliphatic rings. The van der Waals surface area contributed by atoms with E-state index in [1.165, 1.54) is 6.08 Å². The Labute approximate surface area is 131 Å². The lowest BCUT2D eigenvalue weighted by Crippen LogP contribution is -2.33. The number of ether oxygens (including phenoxy) is 1. The number of aliphatic carboxylic acids is 1. The van der Waals surface area contributed by atoms with Crippen LogP contribution in [0.2, 0.25) is 0 Å². The molecule has 1 N–H and O–H groups in total. The third kappa shape index (κ3) is 4.60. The normalized spacial score (nSPS) is 14.2. The fraction of sp³-hybridized carbons (Fsp3) is 0.333. The fourth-order valence-electron chi connectivity index (χ4n) is 1.85. The number of benzene rings is 1. The van der Waals surface area contributed by atoms with Crippen LogP contribution in [0.1, 0.15) is 18.4 Å². The van der Waals surface area contributed by atoms with Crippen molar-refractivity contribution in [3.8, 4) is 5.75 Å². The molecule has 0 atom stereocenters. The summed E-state index contributed by atoms with van der Waals surface area (Å²) in [5.74, 6) is -0.632. The van der Waals surface area contributed by atoms with E-state index < -0.39 is 5.97 Å². The quantitative estimate of drug-likeness (QED) is 0.798. The molecular formula is C15H16BrNO4. The number of carbonyl (C=O) groups is 2. The molecule has 112 valence electrons. The molecule has 1 aromatic rings. The van der Waals surface area contributed by atoms with Crippen LogP contribution in [0.5, 0.6) is 5.75 Å². The highest BCUT2D eigenvalue weighted by Gasteiger charge is 2.29. The van der Waals surface area contributed by atoms with Gasteiger partial charge in [0.05, 0.1) is 0 Å². The van der Waals surface area contributed by atoms with E-state index in [1.807, 2.05) is 0 Å². The number of likely N-dealkylation sites (N-methyl/N-ethyl adjacent to an activating group) is 1. The molecule has 0 spiro atoms. The van der Waals surface area contributed by atoms with Crippen molar-refractivity contribution in [3.63, 3.8) is 0 Å². The number of amides is 1. The monoisotopic (exact) mass is 353 g/mol. The van der Waals surface area contributed by atoms with Gasteiger partial charge < -0.3 is 14.7 Å². The van der Waals surface area contributed by atoms with Gasteiger partial charge in [0.1, 0.15) is 5.75 Å². The summed E-state index contributed by atoms with van der Waals surface area (Å²) >= 11 is 3.32. The van der Waals surface area contributed by atoms with Crippen molar-refractivity contribution in [3.05, 3.63) is 34.3 Å². The molecule has 0 bridgehead atoms. The molecule has 0 unspecified atom stereocenters. The third-order valence-electron chi connectivity index (χ3n) is 3.22. The van der Waals surface area contributed by atoms with Gasteiger partial charge in [-0.15, -0.1) is 0 Å². The molecule has 1 fully saturated rings. The first-order valence-corrected chi connectivity index (χ1v) is 7.35. The molecule has 0 heterocycles. The highest BCUT2D eigenvalue weighted by Crippen LogP contribution is 2.27. The Bertz CT molecular complexity index is 581. The Balaban J connectivity index is 2.04. The van der Waals surface area contributed by atoms with E-state index in [-0.39, 0.29) is 12.5 Å². The van der Waals surface area contributed by atoms with Gasteiger partial charge in [0.2, 0.25) is 0 Å². The SMILES string of the molecule is CN(C(=O)COc1ccc(Br)cc1C=CC(=O)O)C1CC1. The summed E-state index contributed by atoms with van der Waals surface area (Å²) in [6.07, 6.45) is 4.57. The van der Waals surface area contributed by atoms with Gasteiger partial charge in [0.15, 0.2) is 6.61 Å². The van der Waals surface area contributed by atoms with Crippen LogP contribution in [-0.4, -0.2) is 41.6 Å². The van der Waals surface area contributed by atoms with Crippen LogP contribution in [-0.2, 0) is 9.59 Å². The molecule has 0 saturated heterocycles. The summed E-state index contributed by atoms with van der Waals surface area (Å²) < 4.78 is 6.34. The second kappa shape index (κ2) is 6.76. The Hall–Kier alpha value is -1.82. The second-order valence-electron chi connectivity index (χ2n) is 4.88. The molecule has 1 saturated carbocycles. The number of hydrogen-bond donors (Lipinski definition) is 1. The summed E-state index contributed by atoms with van der Waals surface area (Å²) in [6.45, 7) is -0.0530. The van der Waals surface area contributed by atoms with Gasteiger partial charge in [-0.05, 0) is 37.1 Å². The maximum Gasteiger partial charge on any atom is 0.328 e. The average molecular weight is 354 g/mol. The third-order valence-corrected chi connectivity index (χ3v) is 3.71. The van der Waals surface area contributed by atoms with E-state index in [4.69, 9.17) is 9.84 Å². The summed E-state index contributed by atoms with van der Waals surface area (Å²) in [6, 6.07) is 5.57. The van der Waals surface area contributed by atoms with Crippen LogP contribution >= 0.6 is 15.9 Å². The standard InChI is InChI=1S/C15H16BrNO4/c1-17(12-4-5-12)14(18)9-21-13-6-3-11(16)8-10(13)2-7-15(19)20/h2-3,6-8,12H,4-5,9H2,1H3,(H,19,20). The molecule has 21 heavy (non-hydrogen) atoms. The van der Waals surface area contributed by atoms with Crippen LogP contribution < -0.4 is 4.74 Å². The van der Waals surface area contributed by atoms with Gasteiger partial charge in [-0.1, -0.05) is 15.9 Å². The Morgan fingerprint density at radius 2 is 2.19 bits per heavy atom. The predicted octanol–water partition coefficient (Wildman–Crippen LogP) is 2.55. The van der Waals surface area contributed by atoms with Crippen molar-refractivity contribution in [2.45, 2.75) is 18.9 Å². The largest absolute Gasteiger partial charge is 0.483 e. The Morgan fingerprint density at radius 1 is 1.48 bits per heavy atom. The minimum absolute atomic E-state index is 0.0530. The van der Waals surface area contributed by atoms with E-state index in [1.54, 1.807) is 30.1 Å².